The van der Waals surface area contributed by atoms with E-state index in [-0.39, 0.29) is 18.2 Å². The summed E-state index contributed by atoms with van der Waals surface area (Å²) in [5, 5.41) is 5.54. The number of nitrogens with one attached hydrogen (secondary N) is 2. The first-order chi connectivity index (χ1) is 16.5. The normalized spacial score (nSPS) is 12.7. The van der Waals surface area contributed by atoms with E-state index < -0.39 is 29.7 Å². The number of likely N-dealkylation sites (N-methyl/N-ethyl adjacent to an activating group) is 1. The molecular weight excluding hydrogens is 462 g/mol. The van der Waals surface area contributed by atoms with Crippen LogP contribution in [0.15, 0.2) is 55.1 Å². The number of nitrogens with zero attached hydrogens (tertiary/aromatic N) is 1. The Morgan fingerprint density at radius 1 is 1.14 bits per heavy atom. The van der Waals surface area contributed by atoms with Gasteiger partial charge in [0, 0.05) is 18.0 Å². The van der Waals surface area contributed by atoms with Gasteiger partial charge in [0.25, 0.3) is 5.91 Å². The van der Waals surface area contributed by atoms with Crippen molar-refractivity contribution >= 4 is 42.3 Å². The molecule has 8 heteroatoms. The Balaban J connectivity index is 2.43. The lowest BCUT2D eigenvalue weighted by atomic mass is 10.00. The SMILES string of the molecule is C=Cc1cccc(C(C(=O)Nc2ccccc2C)N(CC)C(=O)C(CS)NC(=O)OC(C)(C)C)c1. The fourth-order valence-corrected chi connectivity index (χ4v) is 3.79. The molecule has 0 aliphatic rings. The molecule has 0 spiro atoms. The van der Waals surface area contributed by atoms with Crippen LogP contribution in [-0.4, -0.2) is 46.7 Å². The number of benzene rings is 2. The van der Waals surface area contributed by atoms with Crippen LogP contribution >= 0.6 is 12.6 Å². The lowest BCUT2D eigenvalue weighted by Gasteiger charge is -2.33. The predicted octanol–water partition coefficient (Wildman–Crippen LogP) is 4.99. The first-order valence-electron chi connectivity index (χ1n) is 11.5. The number of anilines is 1. The molecule has 0 radical (unpaired) electrons. The van der Waals surface area contributed by atoms with Gasteiger partial charge in [-0.05, 0) is 63.4 Å². The molecule has 7 nitrogen and oxygen atoms in total. The number of carbonyl (C=O) groups excluding carboxylic acids is 3. The van der Waals surface area contributed by atoms with E-state index in [0.29, 0.717) is 11.3 Å². The molecule has 188 valence electrons. The summed E-state index contributed by atoms with van der Waals surface area (Å²) in [5.41, 5.74) is 2.27. The lowest BCUT2D eigenvalue weighted by Crippen LogP contribution is -2.53. The quantitative estimate of drug-likeness (QED) is 0.426. The third-order valence-corrected chi connectivity index (χ3v) is 5.59. The van der Waals surface area contributed by atoms with Crippen LogP contribution in [0, 0.1) is 6.92 Å². The minimum Gasteiger partial charge on any atom is -0.444 e. The maximum atomic E-state index is 13.6. The van der Waals surface area contributed by atoms with Gasteiger partial charge in [-0.3, -0.25) is 9.59 Å². The van der Waals surface area contributed by atoms with Crippen molar-refractivity contribution < 1.29 is 19.1 Å². The Morgan fingerprint density at radius 3 is 2.40 bits per heavy atom. The molecule has 2 unspecified atom stereocenters. The van der Waals surface area contributed by atoms with Crippen LogP contribution in [0.2, 0.25) is 0 Å². The van der Waals surface area contributed by atoms with Crippen molar-refractivity contribution in [1.29, 1.82) is 0 Å². The Kier molecular flexibility index (Phi) is 9.95. The Morgan fingerprint density at radius 2 is 1.83 bits per heavy atom. The minimum absolute atomic E-state index is 0.0351. The van der Waals surface area contributed by atoms with Crippen LogP contribution in [0.25, 0.3) is 6.08 Å². The highest BCUT2D eigenvalue weighted by molar-refractivity contribution is 7.80. The maximum absolute atomic E-state index is 13.6. The second kappa shape index (κ2) is 12.4. The van der Waals surface area contributed by atoms with Crippen molar-refractivity contribution in [2.45, 2.75) is 52.3 Å². The van der Waals surface area contributed by atoms with Crippen molar-refractivity contribution in [2.75, 3.05) is 17.6 Å². The molecule has 0 aliphatic heterocycles. The number of amides is 3. The smallest absolute Gasteiger partial charge is 0.408 e. The van der Waals surface area contributed by atoms with Gasteiger partial charge in [0.1, 0.15) is 17.7 Å². The number of thiol groups is 1. The van der Waals surface area contributed by atoms with Gasteiger partial charge in [0.2, 0.25) is 5.91 Å². The van der Waals surface area contributed by atoms with E-state index >= 15 is 0 Å². The highest BCUT2D eigenvalue weighted by Gasteiger charge is 2.35. The van der Waals surface area contributed by atoms with Gasteiger partial charge in [0.05, 0.1) is 0 Å². The predicted molar refractivity (Wildman–Crippen MR) is 143 cm³/mol. The van der Waals surface area contributed by atoms with Crippen molar-refractivity contribution in [2.24, 2.45) is 0 Å². The molecule has 2 N–H and O–H groups in total. The fourth-order valence-electron chi connectivity index (χ4n) is 3.54. The average molecular weight is 498 g/mol. The van der Waals surface area contributed by atoms with Crippen molar-refractivity contribution in [3.05, 3.63) is 71.8 Å². The molecule has 2 aromatic carbocycles. The number of rotatable bonds is 9. The van der Waals surface area contributed by atoms with Gasteiger partial charge in [-0.1, -0.05) is 49.1 Å². The number of hydrogen-bond acceptors (Lipinski definition) is 5. The van der Waals surface area contributed by atoms with E-state index in [0.717, 1.165) is 11.1 Å². The first-order valence-corrected chi connectivity index (χ1v) is 12.1. The summed E-state index contributed by atoms with van der Waals surface area (Å²) >= 11 is 4.28. The molecule has 2 aromatic rings. The largest absolute Gasteiger partial charge is 0.444 e. The maximum Gasteiger partial charge on any atom is 0.408 e. The summed E-state index contributed by atoms with van der Waals surface area (Å²) in [6, 6.07) is 12.8. The molecule has 2 atom stereocenters. The fraction of sp³-hybridized carbons (Fsp3) is 0.370. The molecule has 0 saturated heterocycles. The van der Waals surface area contributed by atoms with Gasteiger partial charge in [0.15, 0.2) is 0 Å². The number of para-hydroxylation sites is 1. The lowest BCUT2D eigenvalue weighted by molar-refractivity contribution is -0.140. The van der Waals surface area contributed by atoms with Crippen molar-refractivity contribution in [1.82, 2.24) is 10.2 Å². The number of ether oxygens (including phenoxy) is 1. The summed E-state index contributed by atoms with van der Waals surface area (Å²) in [4.78, 5) is 41.0. The monoisotopic (exact) mass is 497 g/mol. The summed E-state index contributed by atoms with van der Waals surface area (Å²) in [5.74, 6) is -0.777. The second-order valence-electron chi connectivity index (χ2n) is 9.09. The van der Waals surface area contributed by atoms with Crippen molar-refractivity contribution in [3.63, 3.8) is 0 Å². The highest BCUT2D eigenvalue weighted by atomic mass is 32.1. The molecule has 0 fully saturated rings. The van der Waals surface area contributed by atoms with Crippen LogP contribution in [0.1, 0.15) is 50.4 Å². The van der Waals surface area contributed by atoms with E-state index in [4.69, 9.17) is 4.74 Å². The van der Waals surface area contributed by atoms with E-state index in [9.17, 15) is 14.4 Å². The summed E-state index contributed by atoms with van der Waals surface area (Å²) in [6.45, 7) is 12.9. The van der Waals surface area contributed by atoms with Crippen LogP contribution < -0.4 is 10.6 Å². The van der Waals surface area contributed by atoms with Gasteiger partial charge >= 0.3 is 6.09 Å². The van der Waals surface area contributed by atoms with Crippen LogP contribution in [-0.2, 0) is 14.3 Å². The van der Waals surface area contributed by atoms with E-state index in [2.05, 4.69) is 29.8 Å². The van der Waals surface area contributed by atoms with E-state index in [1.165, 1.54) is 4.90 Å². The Bertz CT molecular complexity index is 1060. The number of hydrogen-bond donors (Lipinski definition) is 3. The van der Waals surface area contributed by atoms with Crippen molar-refractivity contribution in [3.8, 4) is 0 Å². The third-order valence-electron chi connectivity index (χ3n) is 5.22. The standard InChI is InChI=1S/C27H35N3O4S/c1-7-19-13-11-14-20(16-19)23(24(31)28-21-15-10-9-12-18(21)3)30(8-2)25(32)22(17-35)29-26(33)34-27(4,5)6/h7,9-16,22-23,35H,1,8,17H2,2-6H3,(H,28,31)(H,29,33). The molecule has 0 bridgehead atoms. The molecule has 3 amide bonds. The average Bonchev–Trinajstić information content (AvgIpc) is 2.80. The number of alkyl carbamates (subject to hydrolysis) is 1. The Hall–Kier alpha value is -3.26. The first kappa shape index (κ1) is 28.0. The zero-order valence-electron chi connectivity index (χ0n) is 21.0. The molecule has 0 saturated carbocycles. The molecule has 0 aliphatic carbocycles. The molecular formula is C27H35N3O4S. The van der Waals surface area contributed by atoms with Crippen LogP contribution in [0.5, 0.6) is 0 Å². The topological polar surface area (TPSA) is 87.7 Å². The van der Waals surface area contributed by atoms with Gasteiger partial charge in [-0.15, -0.1) is 0 Å². The zero-order valence-corrected chi connectivity index (χ0v) is 21.9. The highest BCUT2D eigenvalue weighted by Crippen LogP contribution is 2.26. The van der Waals surface area contributed by atoms with E-state index in [1.807, 2.05) is 49.4 Å². The van der Waals surface area contributed by atoms with Crippen LogP contribution in [0.3, 0.4) is 0 Å². The molecule has 0 heterocycles. The summed E-state index contributed by atoms with van der Waals surface area (Å²) < 4.78 is 5.30. The van der Waals surface area contributed by atoms with Gasteiger partial charge in [-0.2, -0.15) is 12.6 Å². The zero-order chi connectivity index (χ0) is 26.2. The third kappa shape index (κ3) is 7.89. The number of aryl methyl sites for hydroxylation is 1. The molecule has 35 heavy (non-hydrogen) atoms. The second-order valence-corrected chi connectivity index (χ2v) is 9.45. The molecule has 0 aromatic heterocycles. The minimum atomic E-state index is -0.982. The van der Waals surface area contributed by atoms with E-state index in [1.54, 1.807) is 39.8 Å². The number of carbonyl (C=O) groups is 3. The summed E-state index contributed by atoms with van der Waals surface area (Å²) in [7, 11) is 0. The van der Waals surface area contributed by atoms with Crippen LogP contribution in [0.4, 0.5) is 10.5 Å². The summed E-state index contributed by atoms with van der Waals surface area (Å²) in [6.07, 6.45) is 0.953. The van der Waals surface area contributed by atoms with Gasteiger partial charge in [-0.25, -0.2) is 4.79 Å². The molecule has 2 rings (SSSR count). The van der Waals surface area contributed by atoms with Gasteiger partial charge < -0.3 is 20.3 Å². The Labute approximate surface area is 213 Å².